The lowest BCUT2D eigenvalue weighted by atomic mass is 9.43. The Balaban J connectivity index is 1.41. The summed E-state index contributed by atoms with van der Waals surface area (Å²) in [6, 6.07) is 2.59. The van der Waals surface area contributed by atoms with E-state index in [9.17, 15) is 10.4 Å². The molecule has 0 aliphatic heterocycles. The van der Waals surface area contributed by atoms with Crippen LogP contribution >= 0.6 is 0 Å². The summed E-state index contributed by atoms with van der Waals surface area (Å²) in [6.07, 6.45) is 15.6. The van der Waals surface area contributed by atoms with Gasteiger partial charge in [0.25, 0.3) is 0 Å². The van der Waals surface area contributed by atoms with Gasteiger partial charge in [0, 0.05) is 5.92 Å². The maximum Gasteiger partial charge on any atom is 0.0655 e. The van der Waals surface area contributed by atoms with Crippen LogP contribution in [-0.4, -0.2) is 11.2 Å². The minimum atomic E-state index is -0.0262. The van der Waals surface area contributed by atoms with E-state index in [1.807, 2.05) is 0 Å². The zero-order valence-electron chi connectivity index (χ0n) is 15.9. The molecular weight excluding hydrogens is 306 g/mol. The highest BCUT2D eigenvalue weighted by Gasteiger charge is 2.62. The van der Waals surface area contributed by atoms with Gasteiger partial charge in [0.15, 0.2) is 0 Å². The molecule has 9 atom stereocenters. The van der Waals surface area contributed by atoms with E-state index in [0.29, 0.717) is 16.7 Å². The molecule has 1 N–H and O–H groups in total. The third-order valence-corrected chi connectivity index (χ3v) is 10.2. The Labute approximate surface area is 153 Å². The molecule has 1 spiro atoms. The zero-order chi connectivity index (χ0) is 17.2. The molecule has 0 bridgehead atoms. The van der Waals surface area contributed by atoms with Crippen molar-refractivity contribution in [3.63, 3.8) is 0 Å². The fourth-order valence-corrected chi connectivity index (χ4v) is 9.04. The molecule has 138 valence electrons. The van der Waals surface area contributed by atoms with Crippen molar-refractivity contribution < 1.29 is 5.11 Å². The van der Waals surface area contributed by atoms with Crippen LogP contribution in [0.4, 0.5) is 0 Å². The SMILES string of the molecule is C[C@]12CC[C@@H](O)C[C@@H]1CCC1C3CCC4C[C@H](C#N)CCC43CCC12. The highest BCUT2D eigenvalue weighted by atomic mass is 16.3. The Bertz CT molecular complexity index is 581. The number of fused-ring (bicyclic) bond motifs is 4. The third kappa shape index (κ3) is 2.24. The van der Waals surface area contributed by atoms with Crippen LogP contribution < -0.4 is 0 Å². The van der Waals surface area contributed by atoms with Gasteiger partial charge in [0.1, 0.15) is 0 Å². The van der Waals surface area contributed by atoms with Crippen molar-refractivity contribution in [1.82, 2.24) is 0 Å². The van der Waals surface area contributed by atoms with Crippen LogP contribution in [0.5, 0.6) is 0 Å². The van der Waals surface area contributed by atoms with Gasteiger partial charge in [-0.1, -0.05) is 6.92 Å². The lowest BCUT2D eigenvalue weighted by molar-refractivity contribution is -0.137. The van der Waals surface area contributed by atoms with E-state index in [1.54, 1.807) is 0 Å². The van der Waals surface area contributed by atoms with Crippen molar-refractivity contribution in [2.24, 2.45) is 46.3 Å². The molecule has 0 aromatic heterocycles. The van der Waals surface area contributed by atoms with Gasteiger partial charge in [-0.3, -0.25) is 0 Å². The summed E-state index contributed by atoms with van der Waals surface area (Å²) in [4.78, 5) is 0. The quantitative estimate of drug-likeness (QED) is 0.649. The predicted molar refractivity (Wildman–Crippen MR) is 98.5 cm³/mol. The molecule has 5 aliphatic carbocycles. The highest BCUT2D eigenvalue weighted by molar-refractivity contribution is 5.12. The third-order valence-electron chi connectivity index (χ3n) is 10.2. The Kier molecular flexibility index (Phi) is 3.80. The van der Waals surface area contributed by atoms with Gasteiger partial charge in [-0.2, -0.15) is 5.26 Å². The van der Waals surface area contributed by atoms with Crippen LogP contribution in [0, 0.1) is 57.7 Å². The molecule has 2 nitrogen and oxygen atoms in total. The largest absolute Gasteiger partial charge is 0.393 e. The van der Waals surface area contributed by atoms with E-state index in [2.05, 4.69) is 13.0 Å². The minimum absolute atomic E-state index is 0.0262. The summed E-state index contributed by atoms with van der Waals surface area (Å²) >= 11 is 0. The fourth-order valence-electron chi connectivity index (χ4n) is 9.04. The van der Waals surface area contributed by atoms with Crippen molar-refractivity contribution >= 4 is 0 Å². The van der Waals surface area contributed by atoms with Gasteiger partial charge >= 0.3 is 0 Å². The first-order valence-electron chi connectivity index (χ1n) is 11.1. The molecule has 25 heavy (non-hydrogen) atoms. The van der Waals surface area contributed by atoms with E-state index in [0.717, 1.165) is 42.4 Å². The maximum atomic E-state index is 10.2. The van der Waals surface area contributed by atoms with E-state index >= 15 is 0 Å². The molecule has 5 rings (SSSR count). The van der Waals surface area contributed by atoms with E-state index in [-0.39, 0.29) is 6.10 Å². The van der Waals surface area contributed by atoms with Crippen LogP contribution in [0.2, 0.25) is 0 Å². The molecule has 0 amide bonds. The molecule has 0 aromatic carbocycles. The second-order valence-corrected chi connectivity index (χ2v) is 10.7. The lowest BCUT2D eigenvalue weighted by Gasteiger charge is -2.62. The van der Waals surface area contributed by atoms with E-state index in [4.69, 9.17) is 0 Å². The van der Waals surface area contributed by atoms with Gasteiger partial charge < -0.3 is 5.11 Å². The fraction of sp³-hybridized carbons (Fsp3) is 0.957. The standard InChI is InChI=1S/C23H35NO/c1-22-9-7-18(25)13-16(22)2-4-19-20(22)8-11-23-10-6-15(14-24)12-17(23)3-5-21(19)23/h15-21,25H,2-13H2,1H3/t15-,16+,17?,18-,19?,20?,21?,22+,23?/m1/s1. The maximum absolute atomic E-state index is 10.2. The molecule has 5 fully saturated rings. The van der Waals surface area contributed by atoms with E-state index in [1.165, 1.54) is 64.2 Å². The molecule has 2 heteroatoms. The summed E-state index contributed by atoms with van der Waals surface area (Å²) in [5.74, 6) is 4.81. The Morgan fingerprint density at radius 2 is 1.64 bits per heavy atom. The number of nitriles is 1. The lowest BCUT2D eigenvalue weighted by Crippen LogP contribution is -2.55. The number of nitrogens with zero attached hydrogens (tertiary/aromatic N) is 1. The summed E-state index contributed by atoms with van der Waals surface area (Å²) in [7, 11) is 0. The molecule has 5 unspecified atom stereocenters. The van der Waals surface area contributed by atoms with Crippen LogP contribution in [-0.2, 0) is 0 Å². The Morgan fingerprint density at radius 1 is 0.840 bits per heavy atom. The highest BCUT2D eigenvalue weighted by Crippen LogP contribution is 2.70. The number of hydrogen-bond acceptors (Lipinski definition) is 2. The minimum Gasteiger partial charge on any atom is -0.393 e. The molecule has 5 saturated carbocycles. The summed E-state index contributed by atoms with van der Waals surface area (Å²) in [5.41, 5.74) is 1.12. The average Bonchev–Trinajstić information content (AvgIpc) is 3.01. The van der Waals surface area contributed by atoms with Gasteiger partial charge in [-0.25, -0.2) is 0 Å². The first-order valence-corrected chi connectivity index (χ1v) is 11.1. The second-order valence-electron chi connectivity index (χ2n) is 10.7. The summed E-state index contributed by atoms with van der Waals surface area (Å²) < 4.78 is 0. The molecule has 5 aliphatic rings. The molecular formula is C23H35NO. The number of aliphatic hydroxyl groups excluding tert-OH is 1. The van der Waals surface area contributed by atoms with E-state index < -0.39 is 0 Å². The molecule has 0 aromatic rings. The van der Waals surface area contributed by atoms with Crippen molar-refractivity contribution in [3.05, 3.63) is 0 Å². The van der Waals surface area contributed by atoms with Crippen LogP contribution in [0.25, 0.3) is 0 Å². The topological polar surface area (TPSA) is 44.0 Å². The van der Waals surface area contributed by atoms with Gasteiger partial charge in [0.2, 0.25) is 0 Å². The van der Waals surface area contributed by atoms with Crippen molar-refractivity contribution in [2.75, 3.05) is 0 Å². The van der Waals surface area contributed by atoms with Crippen LogP contribution in [0.15, 0.2) is 0 Å². The van der Waals surface area contributed by atoms with Gasteiger partial charge in [-0.15, -0.1) is 0 Å². The smallest absolute Gasteiger partial charge is 0.0655 e. The Morgan fingerprint density at radius 3 is 2.48 bits per heavy atom. The summed E-state index contributed by atoms with van der Waals surface area (Å²) in [5, 5.41) is 19.6. The Hall–Kier alpha value is -0.550. The van der Waals surface area contributed by atoms with Crippen molar-refractivity contribution in [1.29, 1.82) is 5.26 Å². The van der Waals surface area contributed by atoms with Crippen molar-refractivity contribution in [3.8, 4) is 6.07 Å². The van der Waals surface area contributed by atoms with Gasteiger partial charge in [0.05, 0.1) is 12.2 Å². The van der Waals surface area contributed by atoms with Crippen molar-refractivity contribution in [2.45, 2.75) is 90.1 Å². The normalized spacial score (nSPS) is 57.6. The van der Waals surface area contributed by atoms with Crippen LogP contribution in [0.3, 0.4) is 0 Å². The first kappa shape index (κ1) is 16.6. The number of aliphatic hydroxyl groups is 1. The average molecular weight is 342 g/mol. The molecule has 0 radical (unpaired) electrons. The first-order chi connectivity index (χ1) is 12.1. The molecule has 0 saturated heterocycles. The number of rotatable bonds is 0. The van der Waals surface area contributed by atoms with Crippen LogP contribution in [0.1, 0.15) is 84.0 Å². The monoisotopic (exact) mass is 341 g/mol. The number of hydrogen-bond donors (Lipinski definition) is 1. The molecule has 0 heterocycles. The predicted octanol–water partition coefficient (Wildman–Crippen LogP) is 5.31. The summed E-state index contributed by atoms with van der Waals surface area (Å²) in [6.45, 7) is 2.59. The van der Waals surface area contributed by atoms with Gasteiger partial charge in [-0.05, 0) is 117 Å². The zero-order valence-corrected chi connectivity index (χ0v) is 15.9. The second kappa shape index (κ2) is 5.72.